The third-order valence-corrected chi connectivity index (χ3v) is 3.79. The first-order valence-electron chi connectivity index (χ1n) is 6.86. The molecule has 1 saturated carbocycles. The fourth-order valence-corrected chi connectivity index (χ4v) is 2.58. The predicted octanol–water partition coefficient (Wildman–Crippen LogP) is 1.02. The van der Waals surface area contributed by atoms with Crippen molar-refractivity contribution in [2.75, 3.05) is 19.8 Å². The van der Waals surface area contributed by atoms with Crippen LogP contribution in [0.15, 0.2) is 12.5 Å². The second kappa shape index (κ2) is 5.38. The molecule has 3 rings (SSSR count). The molecule has 5 heteroatoms. The van der Waals surface area contributed by atoms with Crippen LogP contribution in [0, 0.1) is 0 Å². The van der Waals surface area contributed by atoms with E-state index in [0.717, 1.165) is 31.7 Å². The Hall–Kier alpha value is -0.910. The van der Waals surface area contributed by atoms with Crippen molar-refractivity contribution in [1.29, 1.82) is 0 Å². The summed E-state index contributed by atoms with van der Waals surface area (Å²) in [6.45, 7) is 1.78. The summed E-state index contributed by atoms with van der Waals surface area (Å²) in [7, 11) is 0. The SMILES string of the molecule is OCC(NCC1CCCO1)c1cncn1C1CC1. The van der Waals surface area contributed by atoms with E-state index in [1.54, 1.807) is 0 Å². The van der Waals surface area contributed by atoms with Gasteiger partial charge in [0.2, 0.25) is 0 Å². The van der Waals surface area contributed by atoms with Gasteiger partial charge in [0.15, 0.2) is 0 Å². The van der Waals surface area contributed by atoms with Crippen LogP contribution >= 0.6 is 0 Å². The largest absolute Gasteiger partial charge is 0.394 e. The van der Waals surface area contributed by atoms with Crippen molar-refractivity contribution in [3.8, 4) is 0 Å². The number of ether oxygens (including phenoxy) is 1. The number of imidazole rings is 1. The van der Waals surface area contributed by atoms with Crippen LogP contribution in [0.5, 0.6) is 0 Å². The summed E-state index contributed by atoms with van der Waals surface area (Å²) < 4.78 is 7.79. The van der Waals surface area contributed by atoms with E-state index in [1.165, 1.54) is 12.8 Å². The summed E-state index contributed by atoms with van der Waals surface area (Å²) in [5.41, 5.74) is 1.10. The summed E-state index contributed by atoms with van der Waals surface area (Å²) in [4.78, 5) is 4.21. The molecule has 2 N–H and O–H groups in total. The van der Waals surface area contributed by atoms with Crippen molar-refractivity contribution in [3.63, 3.8) is 0 Å². The van der Waals surface area contributed by atoms with Gasteiger partial charge < -0.3 is 19.7 Å². The van der Waals surface area contributed by atoms with Crippen LogP contribution in [0.2, 0.25) is 0 Å². The Morgan fingerprint density at radius 1 is 1.50 bits per heavy atom. The molecule has 1 aromatic heterocycles. The summed E-state index contributed by atoms with van der Waals surface area (Å²) >= 11 is 0. The highest BCUT2D eigenvalue weighted by molar-refractivity contribution is 5.09. The van der Waals surface area contributed by atoms with Gasteiger partial charge in [-0.2, -0.15) is 0 Å². The van der Waals surface area contributed by atoms with E-state index in [0.29, 0.717) is 12.1 Å². The van der Waals surface area contributed by atoms with E-state index < -0.39 is 0 Å². The van der Waals surface area contributed by atoms with Crippen molar-refractivity contribution >= 4 is 0 Å². The Kier molecular flexibility index (Phi) is 3.63. The highest BCUT2D eigenvalue weighted by Crippen LogP contribution is 2.36. The van der Waals surface area contributed by atoms with Crippen LogP contribution in [-0.4, -0.2) is 40.5 Å². The topological polar surface area (TPSA) is 59.3 Å². The van der Waals surface area contributed by atoms with Crippen molar-refractivity contribution in [3.05, 3.63) is 18.2 Å². The Balaban J connectivity index is 1.61. The standard InChI is InChI=1S/C13H21N3O2/c17-8-12(15-6-11-2-1-5-18-11)13-7-14-9-16(13)10-3-4-10/h7,9-12,15,17H,1-6,8H2. The fourth-order valence-electron chi connectivity index (χ4n) is 2.58. The monoisotopic (exact) mass is 251 g/mol. The number of nitrogens with one attached hydrogen (secondary N) is 1. The minimum absolute atomic E-state index is 0.0303. The van der Waals surface area contributed by atoms with Crippen LogP contribution < -0.4 is 5.32 Å². The van der Waals surface area contributed by atoms with Gasteiger partial charge in [-0.1, -0.05) is 0 Å². The quantitative estimate of drug-likeness (QED) is 0.792. The molecular formula is C13H21N3O2. The maximum atomic E-state index is 9.55. The van der Waals surface area contributed by atoms with Crippen molar-refractivity contribution in [2.45, 2.75) is 43.9 Å². The van der Waals surface area contributed by atoms with E-state index in [1.807, 2.05) is 12.5 Å². The molecule has 18 heavy (non-hydrogen) atoms. The maximum Gasteiger partial charge on any atom is 0.0951 e. The summed E-state index contributed by atoms with van der Waals surface area (Å²) in [5, 5.41) is 13.0. The molecule has 1 aliphatic carbocycles. The van der Waals surface area contributed by atoms with Gasteiger partial charge >= 0.3 is 0 Å². The number of hydrogen-bond acceptors (Lipinski definition) is 4. The average Bonchev–Trinajstić information content (AvgIpc) is 2.92. The van der Waals surface area contributed by atoms with Crippen LogP contribution in [0.25, 0.3) is 0 Å². The molecule has 0 bridgehead atoms. The molecule has 0 radical (unpaired) electrons. The zero-order chi connectivity index (χ0) is 12.4. The Morgan fingerprint density at radius 2 is 2.39 bits per heavy atom. The minimum atomic E-state index is -0.0303. The molecule has 0 spiro atoms. The Morgan fingerprint density at radius 3 is 3.06 bits per heavy atom. The van der Waals surface area contributed by atoms with Gasteiger partial charge in [-0.25, -0.2) is 4.98 Å². The number of aliphatic hydroxyl groups is 1. The average molecular weight is 251 g/mol. The second-order valence-electron chi connectivity index (χ2n) is 5.24. The van der Waals surface area contributed by atoms with Crippen LogP contribution in [-0.2, 0) is 4.74 Å². The van der Waals surface area contributed by atoms with Crippen molar-refractivity contribution in [2.24, 2.45) is 0 Å². The van der Waals surface area contributed by atoms with Crippen LogP contribution in [0.3, 0.4) is 0 Å². The third-order valence-electron chi connectivity index (χ3n) is 3.79. The lowest BCUT2D eigenvalue weighted by molar-refractivity contribution is 0.103. The summed E-state index contributed by atoms with van der Waals surface area (Å²) in [6, 6.07) is 0.568. The highest BCUT2D eigenvalue weighted by Gasteiger charge is 2.28. The van der Waals surface area contributed by atoms with Gasteiger partial charge in [-0.3, -0.25) is 0 Å². The molecule has 2 heterocycles. The molecule has 1 saturated heterocycles. The van der Waals surface area contributed by atoms with Crippen molar-refractivity contribution < 1.29 is 9.84 Å². The lowest BCUT2D eigenvalue weighted by Crippen LogP contribution is -2.33. The maximum absolute atomic E-state index is 9.55. The zero-order valence-corrected chi connectivity index (χ0v) is 10.6. The van der Waals surface area contributed by atoms with Gasteiger partial charge in [0.25, 0.3) is 0 Å². The first-order chi connectivity index (χ1) is 8.88. The number of aliphatic hydroxyl groups excluding tert-OH is 1. The molecule has 2 atom stereocenters. The molecule has 0 amide bonds. The number of aromatic nitrogens is 2. The van der Waals surface area contributed by atoms with E-state index in [2.05, 4.69) is 14.9 Å². The van der Waals surface area contributed by atoms with E-state index >= 15 is 0 Å². The minimum Gasteiger partial charge on any atom is -0.394 e. The Bertz CT molecular complexity index is 383. The number of nitrogens with zero attached hydrogens (tertiary/aromatic N) is 2. The predicted molar refractivity (Wildman–Crippen MR) is 67.3 cm³/mol. The molecule has 5 nitrogen and oxygen atoms in total. The van der Waals surface area contributed by atoms with Gasteiger partial charge in [-0.15, -0.1) is 0 Å². The highest BCUT2D eigenvalue weighted by atomic mass is 16.5. The van der Waals surface area contributed by atoms with Gasteiger partial charge in [0.1, 0.15) is 0 Å². The van der Waals surface area contributed by atoms with E-state index in [4.69, 9.17) is 4.74 Å². The van der Waals surface area contributed by atoms with Gasteiger partial charge in [0, 0.05) is 25.4 Å². The summed E-state index contributed by atoms with van der Waals surface area (Å²) in [5.74, 6) is 0. The first-order valence-corrected chi connectivity index (χ1v) is 6.86. The number of rotatable bonds is 6. The molecule has 1 aliphatic heterocycles. The van der Waals surface area contributed by atoms with Crippen LogP contribution in [0.1, 0.15) is 43.5 Å². The van der Waals surface area contributed by atoms with Gasteiger partial charge in [-0.05, 0) is 25.7 Å². The normalized spacial score (nSPS) is 25.5. The lowest BCUT2D eigenvalue weighted by atomic mass is 10.2. The third kappa shape index (κ3) is 2.58. The zero-order valence-electron chi connectivity index (χ0n) is 10.6. The summed E-state index contributed by atoms with van der Waals surface area (Å²) in [6.07, 6.45) is 8.77. The van der Waals surface area contributed by atoms with E-state index in [9.17, 15) is 5.11 Å². The molecule has 2 aliphatic rings. The first kappa shape index (κ1) is 12.1. The second-order valence-corrected chi connectivity index (χ2v) is 5.24. The van der Waals surface area contributed by atoms with E-state index in [-0.39, 0.29) is 12.6 Å². The van der Waals surface area contributed by atoms with Crippen LogP contribution in [0.4, 0.5) is 0 Å². The molecule has 0 aromatic carbocycles. The van der Waals surface area contributed by atoms with Crippen molar-refractivity contribution in [1.82, 2.24) is 14.9 Å². The number of hydrogen-bond donors (Lipinski definition) is 2. The lowest BCUT2D eigenvalue weighted by Gasteiger charge is -2.20. The molecule has 1 aromatic rings. The molecular weight excluding hydrogens is 230 g/mol. The molecule has 100 valence electrons. The fraction of sp³-hybridized carbons (Fsp3) is 0.769. The van der Waals surface area contributed by atoms with Gasteiger partial charge in [0.05, 0.1) is 30.8 Å². The molecule has 2 unspecified atom stereocenters. The smallest absolute Gasteiger partial charge is 0.0951 e. The Labute approximate surface area is 107 Å². The molecule has 2 fully saturated rings.